The molecule has 4 unspecified atom stereocenters. The molecular weight excluding hydrogens is 380 g/mol. The third-order valence-electron chi connectivity index (χ3n) is 10.4. The first-order valence-electron chi connectivity index (χ1n) is 12.9. The van der Waals surface area contributed by atoms with E-state index in [2.05, 4.69) is 60.6 Å². The van der Waals surface area contributed by atoms with E-state index in [4.69, 9.17) is 0 Å². The van der Waals surface area contributed by atoms with Gasteiger partial charge in [-0.2, -0.15) is 0 Å². The zero-order valence-electron chi connectivity index (χ0n) is 21.1. The standard InChI is InChI=1S/C29H46O2/c1-18(2)8-12-24(30)19(3)21-10-11-22-20-9-13-25-27(4,5)26(31)15-17-29(25,7)23(20)14-16-28(21,22)6/h8,11,19,21,24-26,30-31H,9-10,12-17H2,1-7H3/t19?,21?,24-,25+,26+,28?,29?/m1/s1. The van der Waals surface area contributed by atoms with Crippen molar-refractivity contribution < 1.29 is 10.2 Å². The predicted molar refractivity (Wildman–Crippen MR) is 130 cm³/mol. The summed E-state index contributed by atoms with van der Waals surface area (Å²) in [5.41, 5.74) is 6.77. The lowest BCUT2D eigenvalue weighted by Gasteiger charge is -2.59. The topological polar surface area (TPSA) is 40.5 Å². The van der Waals surface area contributed by atoms with Gasteiger partial charge in [0.25, 0.3) is 0 Å². The number of fused-ring (bicyclic) bond motifs is 4. The maximum Gasteiger partial charge on any atom is 0.0603 e. The lowest BCUT2D eigenvalue weighted by atomic mass is 9.46. The van der Waals surface area contributed by atoms with Gasteiger partial charge < -0.3 is 10.2 Å². The molecule has 0 radical (unpaired) electrons. The van der Waals surface area contributed by atoms with E-state index in [1.807, 2.05) is 0 Å². The molecule has 2 heteroatoms. The SMILES string of the molecule is CC(C)=CC[C@@H](O)C(C)C1CC=C2C3=C(CCC21C)C1(C)CC[C@H](O)C(C)(C)[C@@H]1CC3. The highest BCUT2D eigenvalue weighted by molar-refractivity contribution is 5.50. The molecule has 0 amide bonds. The normalized spacial score (nSPS) is 40.9. The van der Waals surface area contributed by atoms with Crippen LogP contribution in [0.25, 0.3) is 0 Å². The quantitative estimate of drug-likeness (QED) is 0.476. The third-order valence-corrected chi connectivity index (χ3v) is 10.4. The van der Waals surface area contributed by atoms with Crippen LogP contribution in [0.4, 0.5) is 0 Å². The average Bonchev–Trinajstić information content (AvgIpc) is 3.06. The Balaban J connectivity index is 1.62. The summed E-state index contributed by atoms with van der Waals surface area (Å²) in [5, 5.41) is 21.7. The van der Waals surface area contributed by atoms with Crippen LogP contribution in [0.3, 0.4) is 0 Å². The molecule has 31 heavy (non-hydrogen) atoms. The Labute approximate surface area is 190 Å². The molecule has 0 aromatic rings. The average molecular weight is 427 g/mol. The fourth-order valence-corrected chi connectivity index (χ4v) is 8.35. The molecule has 0 aliphatic heterocycles. The van der Waals surface area contributed by atoms with Crippen LogP contribution in [-0.4, -0.2) is 22.4 Å². The van der Waals surface area contributed by atoms with Crippen molar-refractivity contribution in [3.63, 3.8) is 0 Å². The van der Waals surface area contributed by atoms with Gasteiger partial charge in [-0.25, -0.2) is 0 Å². The van der Waals surface area contributed by atoms with Crippen molar-refractivity contribution >= 4 is 0 Å². The molecule has 7 atom stereocenters. The number of hydrogen-bond donors (Lipinski definition) is 2. The molecule has 174 valence electrons. The summed E-state index contributed by atoms with van der Waals surface area (Å²) in [6.07, 6.45) is 13.1. The van der Waals surface area contributed by atoms with E-state index in [1.165, 1.54) is 31.3 Å². The van der Waals surface area contributed by atoms with E-state index in [-0.39, 0.29) is 28.5 Å². The highest BCUT2D eigenvalue weighted by atomic mass is 16.3. The molecule has 1 saturated carbocycles. The van der Waals surface area contributed by atoms with Gasteiger partial charge in [0.2, 0.25) is 0 Å². The lowest BCUT2D eigenvalue weighted by molar-refractivity contribution is -0.0906. The first kappa shape index (κ1) is 23.3. The van der Waals surface area contributed by atoms with Gasteiger partial charge in [-0.05, 0) is 110 Å². The van der Waals surface area contributed by atoms with Crippen molar-refractivity contribution in [3.8, 4) is 0 Å². The van der Waals surface area contributed by atoms with Gasteiger partial charge >= 0.3 is 0 Å². The number of rotatable bonds is 4. The second kappa shape index (κ2) is 7.87. The Hall–Kier alpha value is -0.860. The Morgan fingerprint density at radius 3 is 2.48 bits per heavy atom. The van der Waals surface area contributed by atoms with Crippen molar-refractivity contribution in [1.29, 1.82) is 0 Å². The van der Waals surface area contributed by atoms with Crippen LogP contribution in [-0.2, 0) is 0 Å². The molecule has 4 aliphatic rings. The largest absolute Gasteiger partial charge is 0.393 e. The van der Waals surface area contributed by atoms with E-state index in [0.717, 1.165) is 25.7 Å². The molecule has 1 fully saturated rings. The number of aliphatic hydroxyl groups is 2. The van der Waals surface area contributed by atoms with Crippen LogP contribution in [0.15, 0.2) is 34.4 Å². The van der Waals surface area contributed by atoms with Crippen molar-refractivity contribution in [3.05, 3.63) is 34.4 Å². The van der Waals surface area contributed by atoms with Gasteiger partial charge in [0, 0.05) is 0 Å². The maximum atomic E-state index is 10.9. The minimum atomic E-state index is -0.256. The van der Waals surface area contributed by atoms with Gasteiger partial charge in [-0.1, -0.05) is 57.9 Å². The van der Waals surface area contributed by atoms with Gasteiger partial charge in [-0.15, -0.1) is 0 Å². The van der Waals surface area contributed by atoms with E-state index in [9.17, 15) is 10.2 Å². The number of allylic oxidation sites excluding steroid dienone is 5. The van der Waals surface area contributed by atoms with Gasteiger partial charge in [0.15, 0.2) is 0 Å². The van der Waals surface area contributed by atoms with Crippen LogP contribution in [0, 0.1) is 34.0 Å². The fourth-order valence-electron chi connectivity index (χ4n) is 8.35. The molecule has 0 saturated heterocycles. The zero-order valence-corrected chi connectivity index (χ0v) is 21.1. The van der Waals surface area contributed by atoms with Crippen molar-refractivity contribution in [2.45, 2.75) is 112 Å². The molecule has 0 spiro atoms. The van der Waals surface area contributed by atoms with E-state index in [0.29, 0.717) is 17.8 Å². The van der Waals surface area contributed by atoms with Crippen molar-refractivity contribution in [1.82, 2.24) is 0 Å². The summed E-state index contributed by atoms with van der Waals surface area (Å²) in [6.45, 7) is 16.1. The summed E-state index contributed by atoms with van der Waals surface area (Å²) in [4.78, 5) is 0. The second-order valence-electron chi connectivity index (χ2n) is 12.7. The highest BCUT2D eigenvalue weighted by Crippen LogP contribution is 2.66. The Kier molecular flexibility index (Phi) is 5.92. The van der Waals surface area contributed by atoms with Gasteiger partial charge in [-0.3, -0.25) is 0 Å². The molecule has 0 aromatic heterocycles. The van der Waals surface area contributed by atoms with Crippen LogP contribution >= 0.6 is 0 Å². The third kappa shape index (κ3) is 3.52. The molecule has 2 N–H and O–H groups in total. The van der Waals surface area contributed by atoms with Crippen LogP contribution in [0.2, 0.25) is 0 Å². The van der Waals surface area contributed by atoms with Crippen LogP contribution < -0.4 is 0 Å². The van der Waals surface area contributed by atoms with Crippen molar-refractivity contribution in [2.24, 2.45) is 34.0 Å². The van der Waals surface area contributed by atoms with E-state index >= 15 is 0 Å². The summed E-state index contributed by atoms with van der Waals surface area (Å²) in [7, 11) is 0. The Morgan fingerprint density at radius 2 is 1.81 bits per heavy atom. The Morgan fingerprint density at radius 1 is 1.10 bits per heavy atom. The Bertz CT molecular complexity index is 811. The monoisotopic (exact) mass is 426 g/mol. The number of hydrogen-bond acceptors (Lipinski definition) is 2. The second-order valence-corrected chi connectivity index (χ2v) is 12.7. The summed E-state index contributed by atoms with van der Waals surface area (Å²) in [5.74, 6) is 1.42. The zero-order chi connectivity index (χ0) is 22.8. The molecule has 4 aliphatic carbocycles. The smallest absolute Gasteiger partial charge is 0.0603 e. The van der Waals surface area contributed by atoms with Crippen LogP contribution in [0.1, 0.15) is 99.8 Å². The summed E-state index contributed by atoms with van der Waals surface area (Å²) < 4.78 is 0. The lowest BCUT2D eigenvalue weighted by Crippen LogP contribution is -2.53. The summed E-state index contributed by atoms with van der Waals surface area (Å²) >= 11 is 0. The highest BCUT2D eigenvalue weighted by Gasteiger charge is 2.57. The molecule has 2 nitrogen and oxygen atoms in total. The fraction of sp³-hybridized carbons (Fsp3) is 0.793. The molecule has 4 rings (SSSR count). The minimum Gasteiger partial charge on any atom is -0.393 e. The van der Waals surface area contributed by atoms with Crippen molar-refractivity contribution in [2.75, 3.05) is 0 Å². The maximum absolute atomic E-state index is 10.9. The minimum absolute atomic E-state index is 0.00240. The van der Waals surface area contributed by atoms with E-state index < -0.39 is 0 Å². The molecule has 0 aromatic carbocycles. The first-order chi connectivity index (χ1) is 14.4. The first-order valence-corrected chi connectivity index (χ1v) is 12.9. The summed E-state index contributed by atoms with van der Waals surface area (Å²) in [6, 6.07) is 0. The molecular formula is C29H46O2. The molecule has 0 bridgehead atoms. The van der Waals surface area contributed by atoms with Gasteiger partial charge in [0.1, 0.15) is 0 Å². The molecule has 0 heterocycles. The van der Waals surface area contributed by atoms with E-state index in [1.54, 1.807) is 16.7 Å². The van der Waals surface area contributed by atoms with Crippen LogP contribution in [0.5, 0.6) is 0 Å². The van der Waals surface area contributed by atoms with Gasteiger partial charge in [0.05, 0.1) is 12.2 Å². The predicted octanol–water partition coefficient (Wildman–Crippen LogP) is 6.98. The number of aliphatic hydroxyl groups excluding tert-OH is 2.